The molecule has 0 saturated heterocycles. The van der Waals surface area contributed by atoms with Crippen molar-refractivity contribution in [3.63, 3.8) is 0 Å². The van der Waals surface area contributed by atoms with Gasteiger partial charge in [-0.1, -0.05) is 0 Å². The van der Waals surface area contributed by atoms with Crippen molar-refractivity contribution in [3.05, 3.63) is 0 Å². The van der Waals surface area contributed by atoms with Crippen LogP contribution in [-0.2, 0) is 32.0 Å². The topological polar surface area (TPSA) is 155 Å². The van der Waals surface area contributed by atoms with E-state index in [1.54, 1.807) is 0 Å². The molecule has 8 nitrogen and oxygen atoms in total. The zero-order valence-corrected chi connectivity index (χ0v) is 11.6. The van der Waals surface area contributed by atoms with Crippen molar-refractivity contribution >= 4 is 18.2 Å². The van der Waals surface area contributed by atoms with Gasteiger partial charge in [0.25, 0.3) is 7.82 Å². The quantitative estimate of drug-likeness (QED) is 0.196. The second-order valence-electron chi connectivity index (χ2n) is 0.938. The Balaban J connectivity index is -0.0000000457. The Morgan fingerprint density at radius 2 is 1.17 bits per heavy atom. The van der Waals surface area contributed by atoms with Crippen LogP contribution in [0.1, 0.15) is 0 Å². The molecular weight excluding hydrogens is 286 g/mol. The van der Waals surface area contributed by atoms with Crippen molar-refractivity contribution < 1.29 is 105 Å². The Hall–Kier alpha value is 2.14. The van der Waals surface area contributed by atoms with Crippen LogP contribution in [0.4, 0.5) is 0 Å². The summed E-state index contributed by atoms with van der Waals surface area (Å²) in [5, 5.41) is 0. The third-order valence-corrected chi connectivity index (χ3v) is 0. The molecule has 0 heterocycles. The van der Waals surface area contributed by atoms with Gasteiger partial charge < -0.3 is 14.7 Å². The van der Waals surface area contributed by atoms with E-state index in [0.29, 0.717) is 0 Å². The molecule has 72 valence electrons. The van der Waals surface area contributed by atoms with Gasteiger partial charge >= 0.3 is 61.8 Å². The molecule has 0 saturated carbocycles. The summed E-state index contributed by atoms with van der Waals surface area (Å²) in [4.78, 5) is 22.9. The molecular formula is H4FeKO8PS. The molecule has 0 amide bonds. The number of rotatable bonds is 0. The fourth-order valence-corrected chi connectivity index (χ4v) is 0. The van der Waals surface area contributed by atoms with Crippen LogP contribution in [0, 0.1) is 0 Å². The average Bonchev–Trinajstić information content (AvgIpc) is 1.12. The van der Waals surface area contributed by atoms with Gasteiger partial charge in [0.1, 0.15) is 0 Å². The summed E-state index contributed by atoms with van der Waals surface area (Å²) >= 11 is 0. The van der Waals surface area contributed by atoms with Gasteiger partial charge in [-0.05, 0) is 0 Å². The third-order valence-electron chi connectivity index (χ3n) is 0. The van der Waals surface area contributed by atoms with E-state index in [9.17, 15) is 0 Å². The van der Waals surface area contributed by atoms with Gasteiger partial charge in [-0.15, -0.1) is 0 Å². The third kappa shape index (κ3) is 330. The van der Waals surface area contributed by atoms with Gasteiger partial charge in [-0.2, -0.15) is 8.42 Å². The summed E-state index contributed by atoms with van der Waals surface area (Å²) in [6.07, 6.45) is 0. The smallest absolute Gasteiger partial charge is 0.756 e. The molecule has 0 spiro atoms. The molecule has 0 unspecified atom stereocenters. The second kappa shape index (κ2) is 9.68. The summed E-state index contributed by atoms with van der Waals surface area (Å²) < 4.78 is 40.4. The Kier molecular flexibility index (Phi) is 19.2. The molecule has 0 aromatic heterocycles. The van der Waals surface area contributed by atoms with Crippen LogP contribution in [0.5, 0.6) is 0 Å². The van der Waals surface area contributed by atoms with Crippen LogP contribution >= 0.6 is 7.82 Å². The normalized spacial score (nSPS) is 9.75. The first-order chi connectivity index (χ1) is 4.00. The number of hydrogen-bond acceptors (Lipinski definition) is 4. The Labute approximate surface area is 121 Å². The maximum atomic E-state index is 8.77. The first-order valence-corrected chi connectivity index (χ1v) is 4.39. The molecule has 0 aliphatic carbocycles. The van der Waals surface area contributed by atoms with Crippen molar-refractivity contribution in [2.45, 2.75) is 0 Å². The van der Waals surface area contributed by atoms with Gasteiger partial charge in [-0.25, -0.2) is 0 Å². The van der Waals surface area contributed by atoms with E-state index in [1.165, 1.54) is 0 Å². The van der Waals surface area contributed by atoms with E-state index < -0.39 is 18.2 Å². The second-order valence-corrected chi connectivity index (χ2v) is 2.82. The summed E-state index contributed by atoms with van der Waals surface area (Å²) in [5.74, 6) is 0. The van der Waals surface area contributed by atoms with Crippen LogP contribution in [0.2, 0.25) is 0 Å². The van der Waals surface area contributed by atoms with Gasteiger partial charge in [0.2, 0.25) is 0 Å². The van der Waals surface area contributed by atoms with E-state index in [-0.39, 0.29) is 68.5 Å². The largest absolute Gasteiger partial charge is 1.00 e. The summed E-state index contributed by atoms with van der Waals surface area (Å²) in [5.41, 5.74) is 0. The minimum Gasteiger partial charge on any atom is -0.756 e. The molecule has 0 atom stereocenters. The van der Waals surface area contributed by atoms with Crippen LogP contribution in [0.25, 0.3) is 0 Å². The molecule has 12 heteroatoms. The van der Waals surface area contributed by atoms with Gasteiger partial charge in [0.05, 0.1) is 0 Å². The van der Waals surface area contributed by atoms with E-state index in [4.69, 9.17) is 36.8 Å². The fourth-order valence-electron chi connectivity index (χ4n) is 0. The minimum absolute atomic E-state index is 0. The summed E-state index contributed by atoms with van der Waals surface area (Å²) in [7, 11) is -9.56. The molecule has 0 aliphatic heterocycles. The zero-order valence-electron chi connectivity index (χ0n) is 5.63. The maximum absolute atomic E-state index is 8.77. The van der Waals surface area contributed by atoms with Gasteiger partial charge in [0, 0.05) is 17.1 Å². The Morgan fingerprint density at radius 3 is 1.17 bits per heavy atom. The molecule has 0 aliphatic rings. The minimum atomic E-state index is -4.89. The first-order valence-electron chi connectivity index (χ1n) is 1.46. The predicted octanol–water partition coefficient (Wildman–Crippen LogP) is -5.21. The Morgan fingerprint density at radius 1 is 1.17 bits per heavy atom. The SMILES string of the molecule is O=P([O-])(O)O.O=S(=O)(O)O.[Fe].[K+]. The van der Waals surface area contributed by atoms with Crippen LogP contribution in [-0.4, -0.2) is 27.3 Å². The van der Waals surface area contributed by atoms with Crippen molar-refractivity contribution in [2.75, 3.05) is 0 Å². The van der Waals surface area contributed by atoms with E-state index in [0.717, 1.165) is 0 Å². The van der Waals surface area contributed by atoms with Gasteiger partial charge in [-0.3, -0.25) is 13.7 Å². The van der Waals surface area contributed by atoms with Crippen molar-refractivity contribution in [2.24, 2.45) is 0 Å². The van der Waals surface area contributed by atoms with E-state index in [1.807, 2.05) is 0 Å². The van der Waals surface area contributed by atoms with Crippen LogP contribution in [0.3, 0.4) is 0 Å². The summed E-state index contributed by atoms with van der Waals surface area (Å²) in [6, 6.07) is 0. The number of hydrogen-bond donors (Lipinski definition) is 4. The van der Waals surface area contributed by atoms with E-state index in [2.05, 4.69) is 0 Å². The van der Waals surface area contributed by atoms with Crippen LogP contribution < -0.4 is 56.3 Å². The Bertz CT molecular complexity index is 197. The molecule has 0 fully saturated rings. The molecule has 12 heavy (non-hydrogen) atoms. The molecule has 0 rings (SSSR count). The predicted molar refractivity (Wildman–Crippen MR) is 26.2 cm³/mol. The first kappa shape index (κ1) is 23.7. The molecule has 0 radical (unpaired) electrons. The van der Waals surface area contributed by atoms with Gasteiger partial charge in [0.15, 0.2) is 0 Å². The van der Waals surface area contributed by atoms with Crippen molar-refractivity contribution in [3.8, 4) is 0 Å². The molecule has 0 bridgehead atoms. The molecule has 0 aromatic carbocycles. The number of phosphoric acid groups is 1. The van der Waals surface area contributed by atoms with E-state index >= 15 is 0 Å². The summed E-state index contributed by atoms with van der Waals surface area (Å²) in [6.45, 7) is 0. The maximum Gasteiger partial charge on any atom is 1.00 e. The molecule has 0 aromatic rings. The van der Waals surface area contributed by atoms with Crippen molar-refractivity contribution in [1.82, 2.24) is 0 Å². The van der Waals surface area contributed by atoms with Crippen LogP contribution in [0.15, 0.2) is 0 Å². The van der Waals surface area contributed by atoms with Crippen molar-refractivity contribution in [1.29, 1.82) is 0 Å². The fraction of sp³-hybridized carbons (Fsp3) is 0. The average molecular weight is 290 g/mol. The standard InChI is InChI=1S/Fe.K.H3O4P.H2O4S/c;;2*1-5(2,3)4/h;;(H3,1,2,3,4);(H2,1,2,3,4)/q;+1;;/p-1. The molecule has 4 N–H and O–H groups in total. The monoisotopic (exact) mass is 290 g/mol. The zero-order chi connectivity index (χ0) is 9.00.